The molecule has 1 aliphatic rings. The number of thiazole rings is 1. The van der Waals surface area contributed by atoms with Crippen molar-refractivity contribution in [3.05, 3.63) is 131 Å². The van der Waals surface area contributed by atoms with Crippen molar-refractivity contribution in [1.82, 2.24) is 50.4 Å². The largest absolute Gasteiger partial charge is 0.391 e. The summed E-state index contributed by atoms with van der Waals surface area (Å²) in [7, 11) is 0. The van der Waals surface area contributed by atoms with E-state index in [0.717, 1.165) is 43.9 Å². The lowest BCUT2D eigenvalue weighted by atomic mass is 9.85. The number of aliphatic hydroxyl groups excluding tert-OH is 1. The van der Waals surface area contributed by atoms with Crippen molar-refractivity contribution >= 4 is 51.6 Å². The third kappa shape index (κ3) is 14.4. The molecule has 75 heavy (non-hydrogen) atoms. The Kier molecular flexibility index (Phi) is 18.3. The minimum Gasteiger partial charge on any atom is -0.391 e. The maximum Gasteiger partial charge on any atom is 0.254 e. The highest BCUT2D eigenvalue weighted by atomic mass is 32.1. The van der Waals surface area contributed by atoms with Crippen molar-refractivity contribution in [2.75, 3.05) is 65.9 Å². The fraction of sp³-hybridized carbons (Fsp3) is 0.389. The van der Waals surface area contributed by atoms with Crippen LogP contribution in [0.3, 0.4) is 0 Å². The number of imidazole rings is 1. The van der Waals surface area contributed by atoms with Gasteiger partial charge in [-0.25, -0.2) is 23.9 Å². The molecule has 8 rings (SSSR count). The van der Waals surface area contributed by atoms with Gasteiger partial charge in [0.25, 0.3) is 11.7 Å². The number of nitrogens with one attached hydrogen (secondary N) is 3. The van der Waals surface area contributed by atoms with E-state index in [-0.39, 0.29) is 90.4 Å². The first-order chi connectivity index (χ1) is 36.2. The van der Waals surface area contributed by atoms with Crippen LogP contribution in [0.5, 0.6) is 0 Å². The number of likely N-dealkylation sites (tertiary alicyclic amines) is 1. The van der Waals surface area contributed by atoms with E-state index >= 15 is 4.39 Å². The molecule has 0 aliphatic carbocycles. The van der Waals surface area contributed by atoms with Crippen LogP contribution in [0.4, 0.5) is 4.39 Å². The van der Waals surface area contributed by atoms with Crippen molar-refractivity contribution in [3.8, 4) is 21.7 Å². The molecule has 394 valence electrons. The van der Waals surface area contributed by atoms with Gasteiger partial charge in [0, 0.05) is 49.6 Å². The Morgan fingerprint density at radius 3 is 2.25 bits per heavy atom. The second-order valence-electron chi connectivity index (χ2n) is 19.1. The second-order valence-corrected chi connectivity index (χ2v) is 20.0. The van der Waals surface area contributed by atoms with Gasteiger partial charge in [0.05, 0.1) is 97.6 Å². The predicted molar refractivity (Wildman–Crippen MR) is 278 cm³/mol. The molecule has 5 heterocycles. The number of hydrogen-bond acceptors (Lipinski definition) is 15. The lowest BCUT2D eigenvalue weighted by Gasteiger charge is -2.35. The molecule has 4 N–H and O–H groups in total. The van der Waals surface area contributed by atoms with Gasteiger partial charge in [-0.3, -0.25) is 24.2 Å². The van der Waals surface area contributed by atoms with Gasteiger partial charge in [-0.15, -0.1) is 11.3 Å². The number of rotatable bonds is 24. The summed E-state index contributed by atoms with van der Waals surface area (Å²) in [6, 6.07) is 20.2. The molecule has 0 bridgehead atoms. The summed E-state index contributed by atoms with van der Waals surface area (Å²) in [6.07, 6.45) is 4.74. The predicted octanol–water partition coefficient (Wildman–Crippen LogP) is 5.11. The van der Waals surface area contributed by atoms with Gasteiger partial charge >= 0.3 is 0 Å². The first-order valence-corrected chi connectivity index (χ1v) is 25.6. The summed E-state index contributed by atoms with van der Waals surface area (Å²) in [5.41, 5.74) is 7.48. The minimum absolute atomic E-state index is 0.0349. The Bertz CT molecular complexity index is 3090. The lowest BCUT2D eigenvalue weighted by molar-refractivity contribution is -0.144. The zero-order valence-electron chi connectivity index (χ0n) is 42.3. The monoisotopic (exact) mass is 1040 g/mol. The smallest absolute Gasteiger partial charge is 0.254 e. The highest BCUT2D eigenvalue weighted by Gasteiger charge is 2.44. The topological polar surface area (TPSA) is 234 Å². The number of ether oxygens (including phenoxy) is 4. The standard InChI is InChI=1S/C54H61FN10O9S/c1-34-48(75-33-61-34)37-10-7-35(8-11-37)28-58-51(69)46-27-41(66)31-64(46)52(70)49(54(2,3)4)62-47(67)32-74-23-22-73-21-20-72-19-18-71-17-16-57-50(68)42-13-12-39(26-43(42)55)45-30-60-53-59-29-40(65(53)63-45)25-36-9-14-44-38(24-36)6-5-15-56-44/h5-15,24,26,29-30,33,41,46,49,66H,16-23,25,27-28,31-32H2,1-4H3,(H,57,68)(H,58,69)(H,62,67)/t41-,46+,49-/m1/s1. The summed E-state index contributed by atoms with van der Waals surface area (Å²) in [4.78, 5) is 73.0. The number of aryl methyl sites for hydroxylation is 1. The molecule has 3 aromatic carbocycles. The first-order valence-electron chi connectivity index (χ1n) is 24.7. The SMILES string of the molecule is Cc1ncsc1-c1ccc(CNC(=O)[C@@H]2C[C@@H](O)CN2C(=O)[C@@H](NC(=O)COCCOCCOCCOCCNC(=O)c2ccc(-c3cnc4ncc(Cc5ccc6ncccc6c5)n4n3)cc2F)C(C)(C)C)cc1. The Morgan fingerprint density at radius 2 is 1.53 bits per heavy atom. The van der Waals surface area contributed by atoms with Gasteiger partial charge in [-0.2, -0.15) is 5.10 Å². The number of aliphatic hydroxyl groups is 1. The number of halogens is 1. The highest BCUT2D eigenvalue weighted by Crippen LogP contribution is 2.29. The van der Waals surface area contributed by atoms with E-state index in [0.29, 0.717) is 23.5 Å². The number of benzene rings is 3. The van der Waals surface area contributed by atoms with Crippen molar-refractivity contribution in [2.45, 2.75) is 65.3 Å². The van der Waals surface area contributed by atoms with E-state index < -0.39 is 47.1 Å². The van der Waals surface area contributed by atoms with E-state index in [4.69, 9.17) is 18.9 Å². The van der Waals surface area contributed by atoms with E-state index in [9.17, 15) is 24.3 Å². The molecular formula is C54H61FN10O9S. The van der Waals surface area contributed by atoms with Crippen LogP contribution in [0, 0.1) is 18.2 Å². The molecule has 0 saturated carbocycles. The van der Waals surface area contributed by atoms with E-state index in [1.807, 2.05) is 76.2 Å². The maximum atomic E-state index is 15.3. The summed E-state index contributed by atoms with van der Waals surface area (Å²) < 4.78 is 39.0. The van der Waals surface area contributed by atoms with Crippen LogP contribution in [0.15, 0.2) is 96.9 Å². The van der Waals surface area contributed by atoms with Crippen molar-refractivity contribution < 1.29 is 47.6 Å². The zero-order chi connectivity index (χ0) is 52.9. The van der Waals surface area contributed by atoms with Crippen LogP contribution in [0.25, 0.3) is 38.4 Å². The molecule has 0 spiro atoms. The Morgan fingerprint density at radius 1 is 0.827 bits per heavy atom. The molecule has 4 amide bonds. The fourth-order valence-corrected chi connectivity index (χ4v) is 9.33. The summed E-state index contributed by atoms with van der Waals surface area (Å²) in [6.45, 7) is 9.01. The average molecular weight is 1050 g/mol. The molecule has 0 radical (unpaired) electrons. The number of aromatic nitrogens is 6. The van der Waals surface area contributed by atoms with Crippen LogP contribution in [-0.2, 0) is 46.3 Å². The van der Waals surface area contributed by atoms with E-state index in [1.165, 1.54) is 23.2 Å². The number of fused-ring (bicyclic) bond motifs is 2. The average Bonchev–Trinajstić information content (AvgIpc) is 4.14. The van der Waals surface area contributed by atoms with Gasteiger partial charge < -0.3 is 44.9 Å². The van der Waals surface area contributed by atoms with Gasteiger partial charge in [-0.05, 0) is 59.4 Å². The Hall–Kier alpha value is -7.14. The highest BCUT2D eigenvalue weighted by molar-refractivity contribution is 7.13. The molecule has 1 saturated heterocycles. The normalized spacial score (nSPS) is 15.1. The molecule has 21 heteroatoms. The number of pyridine rings is 1. The third-order valence-electron chi connectivity index (χ3n) is 12.5. The molecular weight excluding hydrogens is 984 g/mol. The van der Waals surface area contributed by atoms with Crippen LogP contribution in [0.2, 0.25) is 0 Å². The van der Waals surface area contributed by atoms with E-state index in [2.05, 4.69) is 47.1 Å². The van der Waals surface area contributed by atoms with Gasteiger partial charge in [0.1, 0.15) is 30.2 Å². The quantitative estimate of drug-likeness (QED) is 0.0577. The van der Waals surface area contributed by atoms with Gasteiger partial charge in [0.15, 0.2) is 0 Å². The zero-order valence-corrected chi connectivity index (χ0v) is 43.1. The summed E-state index contributed by atoms with van der Waals surface area (Å²) in [5, 5.41) is 24.6. The van der Waals surface area contributed by atoms with Crippen LogP contribution in [0.1, 0.15) is 60.1 Å². The minimum atomic E-state index is -0.990. The Labute approximate surface area is 437 Å². The number of amides is 4. The number of carbonyl (C=O) groups excluding carboxylic acids is 4. The van der Waals surface area contributed by atoms with Crippen molar-refractivity contribution in [2.24, 2.45) is 5.41 Å². The fourth-order valence-electron chi connectivity index (χ4n) is 8.51. The third-order valence-corrected chi connectivity index (χ3v) is 13.4. The molecule has 0 unspecified atom stereocenters. The maximum absolute atomic E-state index is 15.3. The molecule has 7 aromatic rings. The van der Waals surface area contributed by atoms with Crippen LogP contribution < -0.4 is 16.0 Å². The van der Waals surface area contributed by atoms with E-state index in [1.54, 1.807) is 39.8 Å². The Balaban J connectivity index is 0.670. The lowest BCUT2D eigenvalue weighted by Crippen LogP contribution is -2.58. The van der Waals surface area contributed by atoms with Gasteiger partial charge in [0.2, 0.25) is 17.7 Å². The van der Waals surface area contributed by atoms with Crippen molar-refractivity contribution in [1.29, 1.82) is 0 Å². The molecule has 19 nitrogen and oxygen atoms in total. The molecule has 1 aliphatic heterocycles. The number of hydrogen-bond donors (Lipinski definition) is 4. The van der Waals surface area contributed by atoms with Crippen LogP contribution >= 0.6 is 11.3 Å². The number of carbonyl (C=O) groups is 4. The molecule has 1 fully saturated rings. The molecule has 3 atom stereocenters. The summed E-state index contributed by atoms with van der Waals surface area (Å²) in [5.74, 6) is -2.24. The van der Waals surface area contributed by atoms with Crippen molar-refractivity contribution in [3.63, 3.8) is 0 Å². The number of β-amino-alcohol motifs (C(OH)–C–C–N with tert-alkyl or cyclic N) is 1. The second kappa shape index (κ2) is 25.4. The molecule has 4 aromatic heterocycles. The first kappa shape index (κ1) is 54.1. The van der Waals surface area contributed by atoms with Gasteiger partial charge in [-0.1, -0.05) is 63.2 Å². The number of nitrogens with zero attached hydrogens (tertiary/aromatic N) is 7. The van der Waals surface area contributed by atoms with Crippen LogP contribution in [-0.4, -0.2) is 147 Å². The summed E-state index contributed by atoms with van der Waals surface area (Å²) >= 11 is 1.56.